The molecule has 0 radical (unpaired) electrons. The normalized spacial score (nSPS) is 23.7. The average Bonchev–Trinajstić information content (AvgIpc) is 2.83. The predicted molar refractivity (Wildman–Crippen MR) is 87.9 cm³/mol. The van der Waals surface area contributed by atoms with Crippen LogP contribution in [0.25, 0.3) is 0 Å². The van der Waals surface area contributed by atoms with Gasteiger partial charge in [-0.1, -0.05) is 43.4 Å². The van der Waals surface area contributed by atoms with Crippen LogP contribution in [0, 0.1) is 11.3 Å². The number of ether oxygens (including phenoxy) is 2. The summed E-state index contributed by atoms with van der Waals surface area (Å²) in [4.78, 5) is 24.7. The maximum absolute atomic E-state index is 12.4. The van der Waals surface area contributed by atoms with Gasteiger partial charge in [-0.15, -0.1) is 0 Å². The zero-order valence-corrected chi connectivity index (χ0v) is 15.4. The quantitative estimate of drug-likeness (QED) is 0.455. The first-order chi connectivity index (χ1) is 10.2. The van der Waals surface area contributed by atoms with E-state index in [1.54, 1.807) is 0 Å². The van der Waals surface area contributed by atoms with Crippen LogP contribution in [-0.4, -0.2) is 34.2 Å². The highest BCUT2D eigenvalue weighted by atomic mass is 28.3. The third-order valence-corrected chi connectivity index (χ3v) is 6.81. The van der Waals surface area contributed by atoms with Gasteiger partial charge in [0.15, 0.2) is 5.41 Å². The molecule has 0 aromatic rings. The van der Waals surface area contributed by atoms with E-state index in [-0.39, 0.29) is 0 Å². The smallest absolute Gasteiger partial charge is 0.323 e. The molecule has 1 atom stereocenters. The summed E-state index contributed by atoms with van der Waals surface area (Å²) in [7, 11) is 1.13. The molecule has 0 N–H and O–H groups in total. The second-order valence-electron chi connectivity index (χ2n) is 7.51. The van der Waals surface area contributed by atoms with Crippen LogP contribution in [0.2, 0.25) is 19.6 Å². The molecule has 22 heavy (non-hydrogen) atoms. The Labute approximate surface area is 133 Å². The van der Waals surface area contributed by atoms with Gasteiger partial charge in [-0.2, -0.15) is 0 Å². The van der Waals surface area contributed by atoms with E-state index in [0.29, 0.717) is 18.8 Å². The highest BCUT2D eigenvalue weighted by Crippen LogP contribution is 2.51. The summed E-state index contributed by atoms with van der Waals surface area (Å²) in [6.45, 7) is 9.10. The summed E-state index contributed by atoms with van der Waals surface area (Å²) < 4.78 is 9.88. The highest BCUT2D eigenvalue weighted by Gasteiger charge is 2.54. The fraction of sp³-hybridized carbons (Fsp3) is 0.647. The fourth-order valence-corrected chi connectivity index (χ4v) is 5.69. The molecular weight excluding hydrogens is 296 g/mol. The van der Waals surface area contributed by atoms with Gasteiger partial charge in [-0.3, -0.25) is 9.59 Å². The van der Waals surface area contributed by atoms with E-state index in [4.69, 9.17) is 9.47 Å². The molecule has 0 aromatic heterocycles. The number of hydrogen-bond donors (Lipinski definition) is 0. The largest absolute Gasteiger partial charge is 0.468 e. The molecule has 0 spiro atoms. The molecular formula is C17H26O4Si. The van der Waals surface area contributed by atoms with Crippen LogP contribution in [0.5, 0.6) is 0 Å². The lowest BCUT2D eigenvalue weighted by molar-refractivity contribution is -0.168. The molecule has 0 aromatic carbocycles. The molecule has 2 aliphatic rings. The Hall–Kier alpha value is -1.36. The van der Waals surface area contributed by atoms with Gasteiger partial charge in [0.25, 0.3) is 0 Å². The zero-order valence-electron chi connectivity index (χ0n) is 14.4. The van der Waals surface area contributed by atoms with Crippen molar-refractivity contribution in [1.29, 1.82) is 0 Å². The van der Waals surface area contributed by atoms with Crippen LogP contribution in [0.15, 0.2) is 22.4 Å². The molecule has 122 valence electrons. The SMILES string of the molecule is COC(=O)C1(C(=O)OC)CC2=C(C1)C([Si](C)(C)C)=CC(C)C2. The van der Waals surface area contributed by atoms with E-state index < -0.39 is 25.4 Å². The van der Waals surface area contributed by atoms with Gasteiger partial charge >= 0.3 is 11.9 Å². The third kappa shape index (κ3) is 2.67. The van der Waals surface area contributed by atoms with Crippen molar-refractivity contribution >= 4 is 20.0 Å². The Kier molecular flexibility index (Phi) is 4.39. The minimum Gasteiger partial charge on any atom is -0.468 e. The topological polar surface area (TPSA) is 52.6 Å². The first kappa shape index (κ1) is 17.0. The summed E-state index contributed by atoms with van der Waals surface area (Å²) in [5.41, 5.74) is 1.27. The lowest BCUT2D eigenvalue weighted by Gasteiger charge is -2.29. The Morgan fingerprint density at radius 3 is 2.14 bits per heavy atom. The van der Waals surface area contributed by atoms with E-state index in [1.165, 1.54) is 30.6 Å². The van der Waals surface area contributed by atoms with E-state index in [2.05, 4.69) is 32.6 Å². The molecule has 0 heterocycles. The van der Waals surface area contributed by atoms with E-state index in [0.717, 1.165) is 6.42 Å². The maximum Gasteiger partial charge on any atom is 0.323 e. The molecule has 0 fully saturated rings. The van der Waals surface area contributed by atoms with Gasteiger partial charge in [0.1, 0.15) is 0 Å². The van der Waals surface area contributed by atoms with Gasteiger partial charge in [-0.25, -0.2) is 0 Å². The minimum absolute atomic E-state index is 0.421. The molecule has 0 aliphatic heterocycles. The van der Waals surface area contributed by atoms with E-state index >= 15 is 0 Å². The van der Waals surface area contributed by atoms with Crippen molar-refractivity contribution < 1.29 is 19.1 Å². The second-order valence-corrected chi connectivity index (χ2v) is 12.6. The molecule has 0 amide bonds. The molecule has 1 unspecified atom stereocenters. The van der Waals surface area contributed by atoms with Crippen LogP contribution >= 0.6 is 0 Å². The lowest BCUT2D eigenvalue weighted by atomic mass is 9.83. The van der Waals surface area contributed by atoms with Crippen molar-refractivity contribution in [3.05, 3.63) is 22.4 Å². The van der Waals surface area contributed by atoms with Gasteiger partial charge in [0, 0.05) is 0 Å². The van der Waals surface area contributed by atoms with Crippen molar-refractivity contribution in [3.63, 3.8) is 0 Å². The van der Waals surface area contributed by atoms with E-state index in [9.17, 15) is 9.59 Å². The zero-order chi connectivity index (χ0) is 16.7. The molecule has 0 saturated heterocycles. The number of rotatable bonds is 3. The number of carbonyl (C=O) groups excluding carboxylic acids is 2. The van der Waals surface area contributed by atoms with Gasteiger partial charge in [0.2, 0.25) is 0 Å². The Balaban J connectivity index is 2.46. The van der Waals surface area contributed by atoms with Crippen LogP contribution < -0.4 is 0 Å². The summed E-state index contributed by atoms with van der Waals surface area (Å²) in [6, 6.07) is 0. The minimum atomic E-state index is -1.54. The van der Waals surface area contributed by atoms with Crippen LogP contribution in [-0.2, 0) is 19.1 Å². The van der Waals surface area contributed by atoms with Crippen molar-refractivity contribution in [1.82, 2.24) is 0 Å². The molecule has 0 bridgehead atoms. The molecule has 0 saturated carbocycles. The van der Waals surface area contributed by atoms with Crippen LogP contribution in [0.4, 0.5) is 0 Å². The second kappa shape index (κ2) is 5.69. The summed E-state index contributed by atoms with van der Waals surface area (Å²) in [6.07, 6.45) is 4.12. The number of allylic oxidation sites excluding steroid dienone is 4. The van der Waals surface area contributed by atoms with Gasteiger partial charge in [-0.05, 0) is 30.8 Å². The number of methoxy groups -OCH3 is 2. The maximum atomic E-state index is 12.4. The average molecular weight is 322 g/mol. The lowest BCUT2D eigenvalue weighted by Crippen LogP contribution is -2.40. The van der Waals surface area contributed by atoms with Crippen LogP contribution in [0.3, 0.4) is 0 Å². The Bertz CT molecular complexity index is 550. The van der Waals surface area contributed by atoms with Gasteiger partial charge < -0.3 is 9.47 Å². The predicted octanol–water partition coefficient (Wildman–Crippen LogP) is 3.25. The summed E-state index contributed by atoms with van der Waals surface area (Å²) in [5, 5.41) is 1.39. The Morgan fingerprint density at radius 2 is 1.68 bits per heavy atom. The highest BCUT2D eigenvalue weighted by molar-refractivity contribution is 6.84. The van der Waals surface area contributed by atoms with Crippen molar-refractivity contribution in [2.24, 2.45) is 11.3 Å². The van der Waals surface area contributed by atoms with E-state index in [1.807, 2.05) is 0 Å². The fourth-order valence-electron chi connectivity index (χ4n) is 3.74. The Morgan fingerprint density at radius 1 is 1.14 bits per heavy atom. The standard InChI is InChI=1S/C17H26O4Si/c1-11-7-12-9-17(15(18)20-2,16(19)21-3)10-13(12)14(8-11)22(4,5)6/h8,11H,7,9-10H2,1-6H3. The summed E-state index contributed by atoms with van der Waals surface area (Å²) in [5.74, 6) is -0.501. The van der Waals surface area contributed by atoms with Crippen molar-refractivity contribution in [3.8, 4) is 0 Å². The van der Waals surface area contributed by atoms with Crippen molar-refractivity contribution in [2.75, 3.05) is 14.2 Å². The third-order valence-electron chi connectivity index (χ3n) is 4.73. The first-order valence-corrected chi connectivity index (χ1v) is 11.3. The number of esters is 2. The molecule has 4 nitrogen and oxygen atoms in total. The monoisotopic (exact) mass is 322 g/mol. The van der Waals surface area contributed by atoms with Gasteiger partial charge in [0.05, 0.1) is 22.3 Å². The molecule has 2 aliphatic carbocycles. The van der Waals surface area contributed by atoms with Crippen LogP contribution in [0.1, 0.15) is 26.2 Å². The summed E-state index contributed by atoms with van der Waals surface area (Å²) >= 11 is 0. The molecule has 2 rings (SSSR count). The van der Waals surface area contributed by atoms with Crippen molar-refractivity contribution in [2.45, 2.75) is 45.8 Å². The number of carbonyl (C=O) groups is 2. The number of hydrogen-bond acceptors (Lipinski definition) is 4. The first-order valence-electron chi connectivity index (χ1n) is 7.76. The molecule has 5 heteroatoms.